The number of hydrogen-bond donors (Lipinski definition) is 3. The van der Waals surface area contributed by atoms with Crippen molar-refractivity contribution in [3.8, 4) is 0 Å². The summed E-state index contributed by atoms with van der Waals surface area (Å²) in [6.07, 6.45) is -1.21. The molecule has 0 bridgehead atoms. The Balaban J connectivity index is 3.12. The van der Waals surface area contributed by atoms with E-state index in [1.165, 1.54) is 18.2 Å². The molecule has 0 heterocycles. The Labute approximate surface area is 120 Å². The molecule has 0 unspecified atom stereocenters. The normalized spacial score (nSPS) is 10.5. The second-order valence-electron chi connectivity index (χ2n) is 3.67. The number of carbonyl (C=O) groups is 3. The summed E-state index contributed by atoms with van der Waals surface area (Å²) in [7, 11) is -3.34. The second kappa shape index (κ2) is 6.70. The van der Waals surface area contributed by atoms with Crippen molar-refractivity contribution in [1.82, 2.24) is 10.0 Å². The Kier molecular flexibility index (Phi) is 5.24. The molecule has 1 aromatic rings. The van der Waals surface area contributed by atoms with Gasteiger partial charge in [-0.15, -0.1) is 0 Å². The molecule has 0 spiro atoms. The van der Waals surface area contributed by atoms with Crippen LogP contribution in [0.25, 0.3) is 0 Å². The average molecular weight is 316 g/mol. The number of methoxy groups -OCH3 is 1. The van der Waals surface area contributed by atoms with E-state index >= 15 is 0 Å². The highest BCUT2D eigenvalue weighted by molar-refractivity contribution is 7.90. The fourth-order valence-corrected chi connectivity index (χ4v) is 2.47. The molecule has 10 heteroatoms. The lowest BCUT2D eigenvalue weighted by Gasteiger charge is -2.10. The molecule has 3 N–H and O–H groups in total. The van der Waals surface area contributed by atoms with Gasteiger partial charge in [0.15, 0.2) is 0 Å². The van der Waals surface area contributed by atoms with Crippen LogP contribution in [0.4, 0.5) is 4.79 Å². The first-order valence-corrected chi connectivity index (χ1v) is 6.96. The molecule has 0 aliphatic carbocycles. The van der Waals surface area contributed by atoms with Gasteiger partial charge in [0.2, 0.25) is 0 Å². The fraction of sp³-hybridized carbons (Fsp3) is 0.182. The number of sulfonamides is 1. The van der Waals surface area contributed by atoms with E-state index in [1.807, 2.05) is 5.32 Å². The molecule has 2 amide bonds. The molecule has 0 aliphatic heterocycles. The number of carboxylic acid groups (broad SMARTS) is 1. The number of carbonyl (C=O) groups excluding carboxylic acids is 2. The number of nitrogens with one attached hydrogen (secondary N) is 2. The standard InChI is InChI=1S/C11H12N2O7S/c1-20-11(17)13-21(18,19)8-5-3-2-4-7(8)10(16)12-6-9(14)15/h2-5H,6H2,1H3,(H,12,16)(H,13,17)(H,14,15). The molecule has 0 aliphatic rings. The van der Waals surface area contributed by atoms with Crippen molar-refractivity contribution < 1.29 is 32.6 Å². The van der Waals surface area contributed by atoms with Gasteiger partial charge in [0.25, 0.3) is 15.9 Å². The molecule has 0 atom stereocenters. The van der Waals surface area contributed by atoms with Crippen molar-refractivity contribution in [3.05, 3.63) is 29.8 Å². The molecule has 1 aromatic carbocycles. The van der Waals surface area contributed by atoms with E-state index < -0.39 is 39.4 Å². The predicted molar refractivity (Wildman–Crippen MR) is 69.1 cm³/mol. The molecule has 9 nitrogen and oxygen atoms in total. The maximum atomic E-state index is 12.0. The summed E-state index contributed by atoms with van der Waals surface area (Å²) in [6, 6.07) is 5.02. The van der Waals surface area contributed by atoms with Crippen molar-refractivity contribution in [2.45, 2.75) is 4.90 Å². The predicted octanol–water partition coefficient (Wildman–Crippen LogP) is -0.454. The van der Waals surface area contributed by atoms with Crippen LogP contribution >= 0.6 is 0 Å². The highest BCUT2D eigenvalue weighted by Gasteiger charge is 2.24. The van der Waals surface area contributed by atoms with Gasteiger partial charge in [0.1, 0.15) is 11.4 Å². The van der Waals surface area contributed by atoms with E-state index in [0.29, 0.717) is 0 Å². The summed E-state index contributed by atoms with van der Waals surface area (Å²) in [5.41, 5.74) is -0.296. The van der Waals surface area contributed by atoms with Crippen molar-refractivity contribution >= 4 is 28.0 Å². The quantitative estimate of drug-likeness (QED) is 0.668. The number of benzene rings is 1. The highest BCUT2D eigenvalue weighted by Crippen LogP contribution is 2.15. The summed E-state index contributed by atoms with van der Waals surface area (Å²) in [5, 5.41) is 10.5. The summed E-state index contributed by atoms with van der Waals surface area (Å²) >= 11 is 0. The van der Waals surface area contributed by atoms with Crippen LogP contribution in [0.1, 0.15) is 10.4 Å². The Hall–Kier alpha value is -2.62. The summed E-state index contributed by atoms with van der Waals surface area (Å²) < 4.78 is 29.7. The first kappa shape index (κ1) is 16.4. The Morgan fingerprint density at radius 3 is 2.43 bits per heavy atom. The van der Waals surface area contributed by atoms with Gasteiger partial charge >= 0.3 is 12.1 Å². The van der Waals surface area contributed by atoms with Crippen molar-refractivity contribution in [2.24, 2.45) is 0 Å². The lowest BCUT2D eigenvalue weighted by molar-refractivity contribution is -0.135. The number of ether oxygens (including phenoxy) is 1. The summed E-state index contributed by atoms with van der Waals surface area (Å²) in [4.78, 5) is 32.7. The lowest BCUT2D eigenvalue weighted by Crippen LogP contribution is -2.34. The second-order valence-corrected chi connectivity index (χ2v) is 5.32. The van der Waals surface area contributed by atoms with E-state index in [4.69, 9.17) is 5.11 Å². The molecule has 1 rings (SSSR count). The molecule has 0 fully saturated rings. The SMILES string of the molecule is COC(=O)NS(=O)(=O)c1ccccc1C(=O)NCC(=O)O. The van der Waals surface area contributed by atoms with Gasteiger partial charge in [-0.2, -0.15) is 0 Å². The minimum Gasteiger partial charge on any atom is -0.480 e. The van der Waals surface area contributed by atoms with Crippen molar-refractivity contribution in [2.75, 3.05) is 13.7 Å². The van der Waals surface area contributed by atoms with Crippen LogP contribution in [0.2, 0.25) is 0 Å². The Morgan fingerprint density at radius 2 is 1.86 bits per heavy atom. The van der Waals surface area contributed by atoms with Crippen molar-refractivity contribution in [1.29, 1.82) is 0 Å². The monoisotopic (exact) mass is 316 g/mol. The molecule has 0 aromatic heterocycles. The number of amides is 2. The zero-order chi connectivity index (χ0) is 16.0. The van der Waals surface area contributed by atoms with Crippen LogP contribution in [-0.2, 0) is 19.6 Å². The third-order valence-electron chi connectivity index (χ3n) is 2.22. The third kappa shape index (κ3) is 4.45. The van der Waals surface area contributed by atoms with E-state index in [2.05, 4.69) is 4.74 Å². The van der Waals surface area contributed by atoms with Crippen LogP contribution in [-0.4, -0.2) is 45.1 Å². The summed E-state index contributed by atoms with van der Waals surface area (Å²) in [6.45, 7) is -0.669. The molecule has 21 heavy (non-hydrogen) atoms. The third-order valence-corrected chi connectivity index (χ3v) is 3.59. The minimum absolute atomic E-state index is 0.296. The van der Waals surface area contributed by atoms with Gasteiger partial charge in [-0.1, -0.05) is 12.1 Å². The van der Waals surface area contributed by atoms with E-state index in [-0.39, 0.29) is 5.56 Å². The molecular weight excluding hydrogens is 304 g/mol. The smallest absolute Gasteiger partial charge is 0.420 e. The molecule has 114 valence electrons. The van der Waals surface area contributed by atoms with E-state index in [1.54, 1.807) is 4.72 Å². The number of rotatable bonds is 5. The molecule has 0 saturated heterocycles. The van der Waals surface area contributed by atoms with Gasteiger partial charge in [-0.25, -0.2) is 17.9 Å². The minimum atomic E-state index is -4.32. The van der Waals surface area contributed by atoms with Crippen LogP contribution in [0.3, 0.4) is 0 Å². The maximum Gasteiger partial charge on any atom is 0.420 e. The number of carboxylic acids is 1. The number of hydrogen-bond acceptors (Lipinski definition) is 6. The Morgan fingerprint density at radius 1 is 1.24 bits per heavy atom. The van der Waals surface area contributed by atoms with Crippen molar-refractivity contribution in [3.63, 3.8) is 0 Å². The highest BCUT2D eigenvalue weighted by atomic mass is 32.2. The zero-order valence-corrected chi connectivity index (χ0v) is 11.6. The van der Waals surface area contributed by atoms with E-state index in [0.717, 1.165) is 13.2 Å². The molecule has 0 saturated carbocycles. The van der Waals surface area contributed by atoms with Gasteiger partial charge in [-0.3, -0.25) is 9.59 Å². The first-order valence-electron chi connectivity index (χ1n) is 5.47. The first-order chi connectivity index (χ1) is 9.77. The lowest BCUT2D eigenvalue weighted by atomic mass is 10.2. The summed E-state index contributed by atoms with van der Waals surface area (Å²) in [5.74, 6) is -2.18. The maximum absolute atomic E-state index is 12.0. The molecular formula is C11H12N2O7S. The van der Waals surface area contributed by atoms with Crippen LogP contribution in [0, 0.1) is 0 Å². The van der Waals surface area contributed by atoms with Gasteiger partial charge in [0, 0.05) is 0 Å². The fourth-order valence-electron chi connectivity index (χ4n) is 1.35. The van der Waals surface area contributed by atoms with Gasteiger partial charge in [0.05, 0.1) is 12.7 Å². The van der Waals surface area contributed by atoms with Gasteiger partial charge in [-0.05, 0) is 12.1 Å². The van der Waals surface area contributed by atoms with E-state index in [9.17, 15) is 22.8 Å². The van der Waals surface area contributed by atoms with Crippen LogP contribution in [0.5, 0.6) is 0 Å². The van der Waals surface area contributed by atoms with Gasteiger partial charge < -0.3 is 15.2 Å². The Bertz CT molecular complexity index is 669. The molecule has 0 radical (unpaired) electrons. The topological polar surface area (TPSA) is 139 Å². The largest absolute Gasteiger partial charge is 0.480 e. The zero-order valence-electron chi connectivity index (χ0n) is 10.8. The van der Waals surface area contributed by atoms with Crippen LogP contribution in [0.15, 0.2) is 29.2 Å². The van der Waals surface area contributed by atoms with Crippen LogP contribution < -0.4 is 10.0 Å². The average Bonchev–Trinajstić information content (AvgIpc) is 2.44. The number of aliphatic carboxylic acids is 1.